The molecule has 244 valence electrons. The van der Waals surface area contributed by atoms with Crippen LogP contribution in [-0.4, -0.2) is 63.2 Å². The van der Waals surface area contributed by atoms with Crippen molar-refractivity contribution in [2.45, 2.75) is 64.2 Å². The Morgan fingerprint density at radius 2 is 1.63 bits per heavy atom. The first-order chi connectivity index (χ1) is 22.2. The molecule has 0 bridgehead atoms. The third kappa shape index (κ3) is 7.28. The zero-order valence-corrected chi connectivity index (χ0v) is 27.3. The van der Waals surface area contributed by atoms with E-state index in [1.807, 2.05) is 18.2 Å². The standard InChI is InChI=1S/C36H44N4O6/c1-22(36(43)39-26-15-17-40(18-16-26)21-24-9-7-6-8-10-24)37-30-14-12-27-28(20-31(30)42)29(38-23(2)41)13-11-25-19-32(44-3)34(45-4)35(46-5)33(25)27/h6-10,12,14,19-20,22,26,29H,11,13,15-18,21H2,1-5H3,(H,37,42)(H,38,41)(H,39,43)/t22-,29+/m1/s1. The summed E-state index contributed by atoms with van der Waals surface area (Å²) in [6, 6.07) is 16.4. The second-order valence-corrected chi connectivity index (χ2v) is 12.0. The molecule has 3 N–H and O–H groups in total. The molecule has 0 unspecified atom stereocenters. The predicted molar refractivity (Wildman–Crippen MR) is 179 cm³/mol. The number of amides is 2. The first-order valence-corrected chi connectivity index (χ1v) is 15.8. The van der Waals surface area contributed by atoms with Crippen molar-refractivity contribution in [1.82, 2.24) is 15.5 Å². The summed E-state index contributed by atoms with van der Waals surface area (Å²) in [6.45, 7) is 5.94. The minimum absolute atomic E-state index is 0.0767. The van der Waals surface area contributed by atoms with E-state index in [9.17, 15) is 14.4 Å². The topological polar surface area (TPSA) is 118 Å². The maximum absolute atomic E-state index is 13.7. The lowest BCUT2D eigenvalue weighted by Crippen LogP contribution is -2.48. The van der Waals surface area contributed by atoms with Gasteiger partial charge >= 0.3 is 0 Å². The Morgan fingerprint density at radius 1 is 0.913 bits per heavy atom. The normalized spacial score (nSPS) is 17.0. The number of fused-ring (bicyclic) bond motifs is 3. The monoisotopic (exact) mass is 628 g/mol. The highest BCUT2D eigenvalue weighted by Crippen LogP contribution is 2.50. The van der Waals surface area contributed by atoms with E-state index in [0.29, 0.717) is 35.7 Å². The van der Waals surface area contributed by atoms with Crippen molar-refractivity contribution in [2.24, 2.45) is 0 Å². The van der Waals surface area contributed by atoms with Crippen LogP contribution in [0.3, 0.4) is 0 Å². The number of aryl methyl sites for hydroxylation is 1. The maximum atomic E-state index is 13.7. The van der Waals surface area contributed by atoms with E-state index < -0.39 is 12.1 Å². The van der Waals surface area contributed by atoms with Crippen LogP contribution in [0.2, 0.25) is 0 Å². The first-order valence-electron chi connectivity index (χ1n) is 15.8. The third-order valence-electron chi connectivity index (χ3n) is 8.86. The summed E-state index contributed by atoms with van der Waals surface area (Å²) in [5.41, 5.74) is 4.40. The Bertz CT molecular complexity index is 1620. The number of benzene rings is 2. The van der Waals surface area contributed by atoms with Gasteiger partial charge in [0.15, 0.2) is 11.5 Å². The van der Waals surface area contributed by atoms with Crippen LogP contribution in [0.5, 0.6) is 17.2 Å². The van der Waals surface area contributed by atoms with Gasteiger partial charge in [0.2, 0.25) is 23.0 Å². The summed E-state index contributed by atoms with van der Waals surface area (Å²) in [5, 5.41) is 9.34. The van der Waals surface area contributed by atoms with E-state index in [2.05, 4.69) is 45.1 Å². The van der Waals surface area contributed by atoms with Crippen molar-refractivity contribution in [2.75, 3.05) is 39.7 Å². The summed E-state index contributed by atoms with van der Waals surface area (Å²) in [5.74, 6) is 1.10. The molecule has 1 fully saturated rings. The van der Waals surface area contributed by atoms with Crippen LogP contribution in [0, 0.1) is 0 Å². The van der Waals surface area contributed by atoms with Gasteiger partial charge in [-0.2, -0.15) is 0 Å². The van der Waals surface area contributed by atoms with Gasteiger partial charge in [-0.3, -0.25) is 19.3 Å². The fraction of sp³-hybridized carbons (Fsp3) is 0.417. The minimum atomic E-state index is -0.644. The zero-order valence-electron chi connectivity index (χ0n) is 27.3. The number of piperidine rings is 1. The smallest absolute Gasteiger partial charge is 0.242 e. The van der Waals surface area contributed by atoms with E-state index in [-0.39, 0.29) is 29.0 Å². The number of hydrogen-bond donors (Lipinski definition) is 3. The average molecular weight is 629 g/mol. The molecule has 0 aromatic heterocycles. The number of hydrogen-bond acceptors (Lipinski definition) is 8. The molecule has 3 aromatic rings. The number of likely N-dealkylation sites (tertiary alicyclic amines) is 1. The lowest BCUT2D eigenvalue weighted by Gasteiger charge is -2.33. The lowest BCUT2D eigenvalue weighted by molar-refractivity contribution is -0.122. The van der Waals surface area contributed by atoms with Gasteiger partial charge < -0.3 is 30.2 Å². The number of nitrogens with zero attached hydrogens (tertiary/aromatic N) is 1. The van der Waals surface area contributed by atoms with Gasteiger partial charge in [0.1, 0.15) is 6.04 Å². The van der Waals surface area contributed by atoms with Crippen molar-refractivity contribution < 1.29 is 23.8 Å². The van der Waals surface area contributed by atoms with E-state index >= 15 is 0 Å². The molecule has 1 heterocycles. The SMILES string of the molecule is COc1cc2c(c(OC)c1OC)-c1ccc(N[C@H](C)C(=O)NC3CCN(Cc4ccccc4)CC3)c(=O)cc1[C@@H](NC(C)=O)CC2. The van der Waals surface area contributed by atoms with Crippen LogP contribution in [-0.2, 0) is 22.6 Å². The van der Waals surface area contributed by atoms with Crippen LogP contribution < -0.4 is 35.6 Å². The molecule has 2 atom stereocenters. The Labute approximate surface area is 270 Å². The molecule has 10 nitrogen and oxygen atoms in total. The maximum Gasteiger partial charge on any atom is 0.242 e. The van der Waals surface area contributed by atoms with Crippen molar-refractivity contribution in [3.8, 4) is 28.4 Å². The molecule has 1 saturated heterocycles. The van der Waals surface area contributed by atoms with Gasteiger partial charge in [-0.1, -0.05) is 36.4 Å². The second kappa shape index (κ2) is 14.7. The van der Waals surface area contributed by atoms with Crippen LogP contribution >= 0.6 is 0 Å². The summed E-state index contributed by atoms with van der Waals surface area (Å²) < 4.78 is 17.1. The van der Waals surface area contributed by atoms with Crippen molar-refractivity contribution in [3.05, 3.63) is 81.5 Å². The summed E-state index contributed by atoms with van der Waals surface area (Å²) in [4.78, 5) is 41.6. The molecule has 0 saturated carbocycles. The first kappa shape index (κ1) is 32.8. The third-order valence-corrected chi connectivity index (χ3v) is 8.86. The second-order valence-electron chi connectivity index (χ2n) is 12.0. The number of carbonyl (C=O) groups is 2. The molecule has 3 aromatic carbocycles. The van der Waals surface area contributed by atoms with Crippen molar-refractivity contribution in [3.63, 3.8) is 0 Å². The Hall–Kier alpha value is -4.57. The number of methoxy groups -OCH3 is 3. The van der Waals surface area contributed by atoms with E-state index in [0.717, 1.165) is 49.2 Å². The van der Waals surface area contributed by atoms with Crippen LogP contribution in [0.4, 0.5) is 5.69 Å². The number of ether oxygens (including phenoxy) is 3. The van der Waals surface area contributed by atoms with Crippen LogP contribution in [0.1, 0.15) is 55.8 Å². The molecular formula is C36H44N4O6. The fourth-order valence-electron chi connectivity index (χ4n) is 6.53. The summed E-state index contributed by atoms with van der Waals surface area (Å²) in [7, 11) is 4.69. The Balaban J connectivity index is 1.37. The number of nitrogens with one attached hydrogen (secondary N) is 3. The highest BCUT2D eigenvalue weighted by Gasteiger charge is 2.30. The van der Waals surface area contributed by atoms with E-state index in [1.165, 1.54) is 12.5 Å². The van der Waals surface area contributed by atoms with Gasteiger partial charge in [0.05, 0.1) is 33.1 Å². The number of carbonyl (C=O) groups excluding carboxylic acids is 2. The molecule has 0 radical (unpaired) electrons. The Kier molecular flexibility index (Phi) is 10.5. The lowest BCUT2D eigenvalue weighted by atomic mass is 9.95. The molecule has 10 heteroatoms. The molecular weight excluding hydrogens is 584 g/mol. The molecule has 2 amide bonds. The fourth-order valence-corrected chi connectivity index (χ4v) is 6.53. The zero-order chi connectivity index (χ0) is 32.8. The molecule has 2 aliphatic rings. The number of anilines is 1. The molecule has 0 spiro atoms. The summed E-state index contributed by atoms with van der Waals surface area (Å²) >= 11 is 0. The quantitative estimate of drug-likeness (QED) is 0.302. The van der Waals surface area contributed by atoms with Gasteiger partial charge in [0, 0.05) is 38.2 Å². The van der Waals surface area contributed by atoms with E-state index in [4.69, 9.17) is 14.2 Å². The van der Waals surface area contributed by atoms with Crippen LogP contribution in [0.15, 0.2) is 59.4 Å². The summed E-state index contributed by atoms with van der Waals surface area (Å²) in [6.07, 6.45) is 2.90. The number of rotatable bonds is 10. The molecule has 1 aliphatic carbocycles. The van der Waals surface area contributed by atoms with Crippen molar-refractivity contribution >= 4 is 17.5 Å². The van der Waals surface area contributed by atoms with Gasteiger partial charge in [-0.15, -0.1) is 0 Å². The predicted octanol–water partition coefficient (Wildman–Crippen LogP) is 4.44. The van der Waals surface area contributed by atoms with Gasteiger partial charge in [0.25, 0.3) is 0 Å². The average Bonchev–Trinajstić information content (AvgIpc) is 3.29. The highest BCUT2D eigenvalue weighted by molar-refractivity contribution is 5.86. The molecule has 1 aliphatic heterocycles. The van der Waals surface area contributed by atoms with Crippen LogP contribution in [0.25, 0.3) is 11.1 Å². The van der Waals surface area contributed by atoms with Gasteiger partial charge in [-0.25, -0.2) is 0 Å². The van der Waals surface area contributed by atoms with Gasteiger partial charge in [-0.05, 0) is 73.1 Å². The van der Waals surface area contributed by atoms with Crippen molar-refractivity contribution in [1.29, 1.82) is 0 Å². The highest BCUT2D eigenvalue weighted by atomic mass is 16.5. The minimum Gasteiger partial charge on any atom is -0.493 e. The van der Waals surface area contributed by atoms with E-state index in [1.54, 1.807) is 40.4 Å². The molecule has 5 rings (SSSR count). The molecule has 46 heavy (non-hydrogen) atoms. The largest absolute Gasteiger partial charge is 0.493 e. The Morgan fingerprint density at radius 3 is 2.28 bits per heavy atom.